The van der Waals surface area contributed by atoms with Crippen molar-refractivity contribution in [2.75, 3.05) is 40.0 Å². The molecule has 0 fully saturated rings. The molecule has 0 aliphatic heterocycles. The first-order chi connectivity index (χ1) is 3.46. The summed E-state index contributed by atoms with van der Waals surface area (Å²) in [5.74, 6) is 0. The Bertz CT molecular complexity index is 26.5. The zero-order valence-corrected chi connectivity index (χ0v) is 10.1. The fraction of sp³-hybridized carbons (Fsp3) is 1.00. The minimum atomic E-state index is 0. The number of hydrogen-bond acceptors (Lipinski definition) is 0. The van der Waals surface area contributed by atoms with E-state index in [9.17, 15) is 0 Å². The molecule has 3 heteroatoms. The fourth-order valence-electron chi connectivity index (χ4n) is 0. The van der Waals surface area contributed by atoms with Crippen LogP contribution in [-0.2, 0) is 17.1 Å². The molecule has 0 saturated carbocycles. The van der Waals surface area contributed by atoms with Crippen LogP contribution in [0, 0.1) is 0 Å². The summed E-state index contributed by atoms with van der Waals surface area (Å²) in [5, 5.41) is 0. The molecule has 0 amide bonds. The van der Waals surface area contributed by atoms with Crippen molar-refractivity contribution in [2.24, 2.45) is 0 Å². The van der Waals surface area contributed by atoms with Crippen molar-refractivity contribution < 1.29 is 17.1 Å². The SMILES string of the molecule is CP(C)C.CP(C)C.[Fe]. The zero-order chi connectivity index (χ0) is 7.15. The van der Waals surface area contributed by atoms with Gasteiger partial charge in [-0.3, -0.25) is 0 Å². The average molecular weight is 208 g/mol. The van der Waals surface area contributed by atoms with Gasteiger partial charge in [-0.05, 0) is 40.0 Å². The molecule has 0 rings (SSSR count). The second-order valence-electron chi connectivity index (χ2n) is 2.68. The third-order valence-corrected chi connectivity index (χ3v) is 0. The topological polar surface area (TPSA) is 0 Å². The van der Waals surface area contributed by atoms with E-state index >= 15 is 0 Å². The first-order valence-corrected chi connectivity index (χ1v) is 8.05. The van der Waals surface area contributed by atoms with E-state index in [2.05, 4.69) is 40.0 Å². The van der Waals surface area contributed by atoms with E-state index in [-0.39, 0.29) is 17.1 Å². The van der Waals surface area contributed by atoms with Crippen molar-refractivity contribution >= 4 is 15.8 Å². The van der Waals surface area contributed by atoms with Gasteiger partial charge in [0, 0.05) is 17.1 Å². The number of rotatable bonds is 0. The Morgan fingerprint density at radius 3 is 0.556 bits per heavy atom. The molecule has 0 radical (unpaired) electrons. The summed E-state index contributed by atoms with van der Waals surface area (Å²) in [5.41, 5.74) is 0. The van der Waals surface area contributed by atoms with E-state index in [1.807, 2.05) is 0 Å². The Hall–Kier alpha value is 1.38. The molecule has 9 heavy (non-hydrogen) atoms. The van der Waals surface area contributed by atoms with Crippen LogP contribution < -0.4 is 0 Å². The van der Waals surface area contributed by atoms with Crippen molar-refractivity contribution in [2.45, 2.75) is 0 Å². The standard InChI is InChI=1S/2C3H9P.Fe/c2*1-4(2)3;/h2*1-3H3;. The maximum absolute atomic E-state index is 2.23. The van der Waals surface area contributed by atoms with Gasteiger partial charge in [0.05, 0.1) is 0 Å². The normalized spacial score (nSPS) is 8.00. The van der Waals surface area contributed by atoms with Crippen LogP contribution in [0.15, 0.2) is 0 Å². The van der Waals surface area contributed by atoms with Crippen molar-refractivity contribution in [3.63, 3.8) is 0 Å². The third kappa shape index (κ3) is 268. The van der Waals surface area contributed by atoms with E-state index in [1.165, 1.54) is 0 Å². The molecular formula is C6H18FeP2. The van der Waals surface area contributed by atoms with Crippen molar-refractivity contribution in [3.05, 3.63) is 0 Å². The molecule has 0 bridgehead atoms. The second-order valence-corrected chi connectivity index (χ2v) is 8.05. The van der Waals surface area contributed by atoms with Crippen LogP contribution in [0.4, 0.5) is 0 Å². The van der Waals surface area contributed by atoms with Gasteiger partial charge in [-0.2, -0.15) is 0 Å². The molecule has 0 N–H and O–H groups in total. The zero-order valence-electron chi connectivity index (χ0n) is 7.25. The molecule has 0 aliphatic carbocycles. The molecule has 0 saturated heterocycles. The Kier molecular flexibility index (Phi) is 22.5. The van der Waals surface area contributed by atoms with Gasteiger partial charge in [0.15, 0.2) is 0 Å². The predicted octanol–water partition coefficient (Wildman–Crippen LogP) is 2.71. The van der Waals surface area contributed by atoms with Crippen LogP contribution in [0.3, 0.4) is 0 Å². The van der Waals surface area contributed by atoms with Crippen LogP contribution in [0.2, 0.25) is 0 Å². The molecule has 0 nitrogen and oxygen atoms in total. The number of hydrogen-bond donors (Lipinski definition) is 0. The predicted molar refractivity (Wildman–Crippen MR) is 49.4 cm³/mol. The van der Waals surface area contributed by atoms with Gasteiger partial charge in [-0.1, -0.05) is 0 Å². The second kappa shape index (κ2) is 12.1. The van der Waals surface area contributed by atoms with Gasteiger partial charge in [-0.15, -0.1) is 15.8 Å². The Morgan fingerprint density at radius 2 is 0.556 bits per heavy atom. The van der Waals surface area contributed by atoms with Crippen LogP contribution >= 0.6 is 15.8 Å². The van der Waals surface area contributed by atoms with Crippen LogP contribution in [0.25, 0.3) is 0 Å². The summed E-state index contributed by atoms with van der Waals surface area (Å²) < 4.78 is 0. The summed E-state index contributed by atoms with van der Waals surface area (Å²) >= 11 is 0. The summed E-state index contributed by atoms with van der Waals surface area (Å²) in [6.07, 6.45) is 0. The minimum Gasteiger partial charge on any atom is -0.116 e. The Balaban J connectivity index is -0.0000000720. The van der Waals surface area contributed by atoms with E-state index in [1.54, 1.807) is 0 Å². The molecule has 0 unspecified atom stereocenters. The molecule has 0 aromatic rings. The molecule has 0 spiro atoms. The molecule has 0 aliphatic rings. The van der Waals surface area contributed by atoms with Crippen LogP contribution in [0.5, 0.6) is 0 Å². The maximum atomic E-state index is 2.23. The summed E-state index contributed by atoms with van der Waals surface area (Å²) in [7, 11) is 0.759. The smallest absolute Gasteiger partial charge is 0 e. The first-order valence-electron chi connectivity index (χ1n) is 2.68. The van der Waals surface area contributed by atoms with Crippen molar-refractivity contribution in [1.82, 2.24) is 0 Å². The van der Waals surface area contributed by atoms with Crippen molar-refractivity contribution in [3.8, 4) is 0 Å². The Labute approximate surface area is 73.2 Å². The Morgan fingerprint density at radius 1 is 0.556 bits per heavy atom. The van der Waals surface area contributed by atoms with Gasteiger partial charge in [-0.25, -0.2) is 0 Å². The fourth-order valence-corrected chi connectivity index (χ4v) is 0. The first kappa shape index (κ1) is 16.8. The quantitative estimate of drug-likeness (QED) is 0.424. The van der Waals surface area contributed by atoms with Gasteiger partial charge in [0.1, 0.15) is 0 Å². The summed E-state index contributed by atoms with van der Waals surface area (Å²) in [4.78, 5) is 0. The third-order valence-electron chi connectivity index (χ3n) is 0. The molecule has 60 valence electrons. The molecule has 0 atom stereocenters. The van der Waals surface area contributed by atoms with E-state index in [0.717, 1.165) is 0 Å². The monoisotopic (exact) mass is 208 g/mol. The van der Waals surface area contributed by atoms with E-state index in [0.29, 0.717) is 15.8 Å². The maximum Gasteiger partial charge on any atom is 0 e. The minimum absolute atomic E-state index is 0. The van der Waals surface area contributed by atoms with Crippen molar-refractivity contribution in [1.29, 1.82) is 0 Å². The molecular weight excluding hydrogens is 190 g/mol. The van der Waals surface area contributed by atoms with Crippen LogP contribution in [-0.4, -0.2) is 40.0 Å². The van der Waals surface area contributed by atoms with E-state index < -0.39 is 0 Å². The molecule has 0 aromatic carbocycles. The van der Waals surface area contributed by atoms with E-state index in [4.69, 9.17) is 0 Å². The van der Waals surface area contributed by atoms with Gasteiger partial charge in [0.2, 0.25) is 0 Å². The van der Waals surface area contributed by atoms with Gasteiger partial charge in [0.25, 0.3) is 0 Å². The molecule has 0 aromatic heterocycles. The van der Waals surface area contributed by atoms with Crippen LogP contribution in [0.1, 0.15) is 0 Å². The summed E-state index contributed by atoms with van der Waals surface area (Å²) in [6, 6.07) is 0. The van der Waals surface area contributed by atoms with Gasteiger partial charge >= 0.3 is 0 Å². The molecule has 0 heterocycles. The summed E-state index contributed by atoms with van der Waals surface area (Å²) in [6.45, 7) is 13.4. The average Bonchev–Trinajstić information content (AvgIpc) is 1.25. The van der Waals surface area contributed by atoms with Gasteiger partial charge < -0.3 is 0 Å². The largest absolute Gasteiger partial charge is 0.116 e.